The topological polar surface area (TPSA) is 79.4 Å². The van der Waals surface area contributed by atoms with Crippen LogP contribution < -0.4 is 10.2 Å². The fourth-order valence-electron chi connectivity index (χ4n) is 3.07. The highest BCUT2D eigenvalue weighted by molar-refractivity contribution is 9.10. The summed E-state index contributed by atoms with van der Waals surface area (Å²) >= 11 is 3.43. The Morgan fingerprint density at radius 2 is 2.05 bits per heavy atom. The average molecular weight is 360 g/mol. The molecule has 3 heterocycles. The Bertz CT molecular complexity index is 864. The lowest BCUT2D eigenvalue weighted by molar-refractivity contribution is -0.134. The first-order chi connectivity index (χ1) is 10.6. The molecule has 6 nitrogen and oxygen atoms in total. The van der Waals surface area contributed by atoms with E-state index in [2.05, 4.69) is 26.2 Å². The van der Waals surface area contributed by atoms with E-state index >= 15 is 0 Å². The number of pyridine rings is 1. The van der Waals surface area contributed by atoms with Crippen molar-refractivity contribution < 1.29 is 14.4 Å². The number of nitrogens with one attached hydrogen (secondary N) is 1. The first kappa shape index (κ1) is 13.4. The van der Waals surface area contributed by atoms with Crippen molar-refractivity contribution in [1.82, 2.24) is 10.3 Å². The fourth-order valence-corrected chi connectivity index (χ4v) is 3.51. The second kappa shape index (κ2) is 4.61. The summed E-state index contributed by atoms with van der Waals surface area (Å²) < 4.78 is 0.797. The van der Waals surface area contributed by atoms with Crippen LogP contribution in [0.25, 0.3) is 10.9 Å². The third-order valence-corrected chi connectivity index (χ3v) is 4.69. The number of hydrogen-bond acceptors (Lipinski definition) is 4. The number of aromatic nitrogens is 1. The molecule has 2 aliphatic rings. The normalized spacial score (nSPS) is 20.7. The van der Waals surface area contributed by atoms with Crippen LogP contribution in [0, 0.1) is 0 Å². The molecule has 1 aromatic heterocycles. The van der Waals surface area contributed by atoms with Gasteiger partial charge in [-0.15, -0.1) is 0 Å². The average Bonchev–Trinajstić information content (AvgIpc) is 2.77. The van der Waals surface area contributed by atoms with Crippen LogP contribution in [0.3, 0.4) is 0 Å². The third-order valence-electron chi connectivity index (χ3n) is 4.05. The maximum atomic E-state index is 12.7. The van der Waals surface area contributed by atoms with Crippen molar-refractivity contribution in [3.05, 3.63) is 34.4 Å². The molecule has 1 atom stereocenters. The number of anilines is 1. The number of piperidine rings is 1. The van der Waals surface area contributed by atoms with Crippen LogP contribution in [0.15, 0.2) is 28.9 Å². The van der Waals surface area contributed by atoms with Gasteiger partial charge < -0.3 is 0 Å². The van der Waals surface area contributed by atoms with E-state index in [9.17, 15) is 14.4 Å². The van der Waals surface area contributed by atoms with Gasteiger partial charge in [0.25, 0.3) is 5.91 Å². The molecule has 1 saturated heterocycles. The molecule has 0 spiro atoms. The molecule has 2 aliphatic heterocycles. The van der Waals surface area contributed by atoms with Crippen molar-refractivity contribution in [3.8, 4) is 0 Å². The molecule has 1 fully saturated rings. The lowest BCUT2D eigenvalue weighted by atomic mass is 10.0. The van der Waals surface area contributed by atoms with Crippen LogP contribution in [0.1, 0.15) is 23.2 Å². The summed E-state index contributed by atoms with van der Waals surface area (Å²) in [6, 6.07) is 4.57. The molecule has 0 saturated carbocycles. The molecule has 4 rings (SSSR count). The highest BCUT2D eigenvalue weighted by Crippen LogP contribution is 2.40. The quantitative estimate of drug-likeness (QED) is 0.786. The minimum atomic E-state index is -0.665. The van der Waals surface area contributed by atoms with Gasteiger partial charge in [0.2, 0.25) is 11.8 Å². The largest absolute Gasteiger partial charge is 0.295 e. The summed E-state index contributed by atoms with van der Waals surface area (Å²) in [4.78, 5) is 42.0. The molecule has 0 bridgehead atoms. The second-order valence-electron chi connectivity index (χ2n) is 5.29. The zero-order chi connectivity index (χ0) is 15.4. The van der Waals surface area contributed by atoms with Crippen molar-refractivity contribution >= 4 is 50.2 Å². The first-order valence-corrected chi connectivity index (χ1v) is 7.61. The van der Waals surface area contributed by atoms with Crippen molar-refractivity contribution in [2.24, 2.45) is 0 Å². The molecule has 0 radical (unpaired) electrons. The first-order valence-electron chi connectivity index (χ1n) is 6.82. The number of amides is 3. The molecule has 7 heteroatoms. The molecule has 110 valence electrons. The Kier molecular flexibility index (Phi) is 2.80. The highest BCUT2D eigenvalue weighted by Gasteiger charge is 2.40. The molecule has 1 unspecified atom stereocenters. The maximum absolute atomic E-state index is 12.7. The standard InChI is InChI=1S/C15H10BrN3O3/c16-8-2-1-7-12-9(5-6-17-13(8)12)19(15(7)22)10-3-4-11(20)18-14(10)21/h1-2,5-6,10H,3-4H2,(H,18,20,21). The Morgan fingerprint density at radius 3 is 2.82 bits per heavy atom. The number of halogens is 1. The zero-order valence-electron chi connectivity index (χ0n) is 11.3. The predicted molar refractivity (Wildman–Crippen MR) is 82.4 cm³/mol. The lowest BCUT2D eigenvalue weighted by Crippen LogP contribution is -2.53. The van der Waals surface area contributed by atoms with Gasteiger partial charge in [0.05, 0.1) is 16.8 Å². The number of nitrogens with zero attached hydrogens (tertiary/aromatic N) is 2. The van der Waals surface area contributed by atoms with Gasteiger partial charge in [-0.2, -0.15) is 0 Å². The van der Waals surface area contributed by atoms with Gasteiger partial charge in [-0.1, -0.05) is 0 Å². The monoisotopic (exact) mass is 359 g/mol. The maximum Gasteiger partial charge on any atom is 0.259 e. The Balaban J connectivity index is 1.89. The van der Waals surface area contributed by atoms with Crippen molar-refractivity contribution in [2.45, 2.75) is 18.9 Å². The summed E-state index contributed by atoms with van der Waals surface area (Å²) in [5.74, 6) is -0.954. The number of rotatable bonds is 1. The van der Waals surface area contributed by atoms with Crippen molar-refractivity contribution in [3.63, 3.8) is 0 Å². The minimum Gasteiger partial charge on any atom is -0.295 e. The summed E-state index contributed by atoms with van der Waals surface area (Å²) in [6.45, 7) is 0. The van der Waals surface area contributed by atoms with Crippen LogP contribution in [0.4, 0.5) is 5.69 Å². The van der Waals surface area contributed by atoms with Gasteiger partial charge in [0, 0.05) is 22.5 Å². The minimum absolute atomic E-state index is 0.227. The smallest absolute Gasteiger partial charge is 0.259 e. The van der Waals surface area contributed by atoms with Gasteiger partial charge in [0.1, 0.15) is 6.04 Å². The fraction of sp³-hybridized carbons (Fsp3) is 0.200. The van der Waals surface area contributed by atoms with Gasteiger partial charge in [0.15, 0.2) is 0 Å². The second-order valence-corrected chi connectivity index (χ2v) is 6.15. The summed E-state index contributed by atoms with van der Waals surface area (Å²) in [5.41, 5.74) is 1.89. The number of benzene rings is 1. The van der Waals surface area contributed by atoms with E-state index in [1.807, 2.05) is 0 Å². The Hall–Kier alpha value is -2.28. The van der Waals surface area contributed by atoms with E-state index in [-0.39, 0.29) is 18.2 Å². The van der Waals surface area contributed by atoms with Crippen LogP contribution >= 0.6 is 15.9 Å². The molecule has 1 aromatic carbocycles. The van der Waals surface area contributed by atoms with Gasteiger partial charge in [-0.25, -0.2) is 0 Å². The summed E-state index contributed by atoms with van der Waals surface area (Å²) in [5, 5.41) is 3.04. The van der Waals surface area contributed by atoms with E-state index in [0.29, 0.717) is 23.2 Å². The van der Waals surface area contributed by atoms with Crippen LogP contribution in [-0.4, -0.2) is 28.7 Å². The van der Waals surface area contributed by atoms with Crippen LogP contribution in [0.2, 0.25) is 0 Å². The van der Waals surface area contributed by atoms with Crippen LogP contribution in [0.5, 0.6) is 0 Å². The van der Waals surface area contributed by atoms with Crippen LogP contribution in [-0.2, 0) is 9.59 Å². The molecule has 3 amide bonds. The molecule has 0 aliphatic carbocycles. The van der Waals surface area contributed by atoms with Gasteiger partial charge in [-0.05, 0) is 40.5 Å². The summed E-state index contributed by atoms with van der Waals surface area (Å²) in [6.07, 6.45) is 2.17. The number of carbonyl (C=O) groups is 3. The SMILES string of the molecule is O=C1CCC(N2C(=O)c3ccc(Br)c4nccc2c34)C(=O)N1. The molecular weight excluding hydrogens is 350 g/mol. The van der Waals surface area contributed by atoms with Crippen molar-refractivity contribution in [1.29, 1.82) is 0 Å². The third kappa shape index (κ3) is 1.72. The predicted octanol–water partition coefficient (Wildman–Crippen LogP) is 1.76. The lowest BCUT2D eigenvalue weighted by Gasteiger charge is -2.30. The van der Waals surface area contributed by atoms with E-state index < -0.39 is 11.9 Å². The molecule has 22 heavy (non-hydrogen) atoms. The molecule has 1 N–H and O–H groups in total. The van der Waals surface area contributed by atoms with E-state index in [4.69, 9.17) is 0 Å². The van der Waals surface area contributed by atoms with Gasteiger partial charge >= 0.3 is 0 Å². The van der Waals surface area contributed by atoms with E-state index in [1.54, 1.807) is 24.4 Å². The molecule has 2 aromatic rings. The summed E-state index contributed by atoms with van der Waals surface area (Å²) in [7, 11) is 0. The number of hydrogen-bond donors (Lipinski definition) is 1. The molecular formula is C15H10BrN3O3. The van der Waals surface area contributed by atoms with Gasteiger partial charge in [-0.3, -0.25) is 29.6 Å². The zero-order valence-corrected chi connectivity index (χ0v) is 12.9. The van der Waals surface area contributed by atoms with E-state index in [1.165, 1.54) is 4.90 Å². The number of imide groups is 1. The Morgan fingerprint density at radius 1 is 1.23 bits per heavy atom. The van der Waals surface area contributed by atoms with Crippen molar-refractivity contribution in [2.75, 3.05) is 4.90 Å². The highest BCUT2D eigenvalue weighted by atomic mass is 79.9. The number of carbonyl (C=O) groups excluding carboxylic acids is 3. The Labute approximate surface area is 133 Å². The van der Waals surface area contributed by atoms with E-state index in [0.717, 1.165) is 9.86 Å².